The van der Waals surface area contributed by atoms with Crippen LogP contribution < -0.4 is 9.31 Å². The molecule has 0 aromatic heterocycles. The van der Waals surface area contributed by atoms with Gasteiger partial charge in [-0.15, -0.1) is 0 Å². The molecule has 8 heteroatoms. The van der Waals surface area contributed by atoms with Crippen LogP contribution in [0.2, 0.25) is 0 Å². The van der Waals surface area contributed by atoms with Crippen molar-refractivity contribution in [1.29, 1.82) is 0 Å². The van der Waals surface area contributed by atoms with Crippen LogP contribution >= 0.6 is 25.5 Å². The molecule has 1 heterocycles. The van der Waals surface area contributed by atoms with Gasteiger partial charge in [0.1, 0.15) is 11.5 Å². The van der Waals surface area contributed by atoms with Crippen LogP contribution in [-0.2, 0) is 22.1 Å². The quantitative estimate of drug-likeness (QED) is 0.124. The molecule has 3 nitrogen and oxygen atoms in total. The summed E-state index contributed by atoms with van der Waals surface area (Å²) in [7, 11) is 5.80. The van der Waals surface area contributed by atoms with Gasteiger partial charge in [0.15, 0.2) is 0 Å². The number of benzene rings is 1. The zero-order chi connectivity index (χ0) is 35.9. The summed E-state index contributed by atoms with van der Waals surface area (Å²) < 4.78 is 9.90. The Labute approximate surface area is 332 Å². The van der Waals surface area contributed by atoms with E-state index in [0.717, 1.165) is 11.5 Å². The summed E-state index contributed by atoms with van der Waals surface area (Å²) in [5, 5.41) is 0. The van der Waals surface area contributed by atoms with Crippen LogP contribution in [0.3, 0.4) is 0 Å². The van der Waals surface area contributed by atoms with Gasteiger partial charge in [-0.1, -0.05) is 50.7 Å². The van der Waals surface area contributed by atoms with Crippen LogP contribution in [0.4, 0.5) is 0 Å². The van der Waals surface area contributed by atoms with E-state index < -0.39 is 0 Å². The van der Waals surface area contributed by atoms with E-state index in [0.29, 0.717) is 0 Å². The average molecular weight is 847 g/mol. The number of hydrogen-bond donors (Lipinski definition) is 0. The Morgan fingerprint density at radius 3 is 0.824 bits per heavy atom. The number of fused-ring (bicyclic) bond motifs is 1. The molecule has 0 bridgehead atoms. The third kappa shape index (κ3) is 14.7. The zero-order valence-electron chi connectivity index (χ0n) is 32.1. The van der Waals surface area contributed by atoms with E-state index in [9.17, 15) is 0 Å². The van der Waals surface area contributed by atoms with Gasteiger partial charge in [0.2, 0.25) is 0 Å². The summed E-state index contributed by atoms with van der Waals surface area (Å²) >= 11 is 1.82. The van der Waals surface area contributed by atoms with Crippen molar-refractivity contribution in [2.45, 2.75) is 227 Å². The first-order chi connectivity index (χ1) is 25.4. The summed E-state index contributed by atoms with van der Waals surface area (Å²) in [6.45, 7) is 3.25. The fraction of sp³-hybridized carbons (Fsp3) is 0.837. The number of para-hydroxylation sites is 2. The van der Waals surface area contributed by atoms with Crippen molar-refractivity contribution in [3.63, 3.8) is 0 Å². The summed E-state index contributed by atoms with van der Waals surface area (Å²) in [6.07, 6.45) is 47.6. The molecule has 0 atom stereocenters. The van der Waals surface area contributed by atoms with E-state index in [2.05, 4.69) is 16.5 Å². The molecule has 6 aliphatic carbocycles. The number of halogens is 1. The van der Waals surface area contributed by atoms with Gasteiger partial charge in [0, 0.05) is 15.8 Å². The Bertz CT molecular complexity index is 842. The van der Waals surface area contributed by atoms with Gasteiger partial charge >= 0.3 is 34.7 Å². The first-order valence-corrected chi connectivity index (χ1v) is 27.4. The van der Waals surface area contributed by atoms with Gasteiger partial charge in [0.25, 0.3) is 0 Å². The van der Waals surface area contributed by atoms with Gasteiger partial charge in [-0.3, -0.25) is 6.79 Å². The number of rotatable bonds is 6. The predicted octanol–water partition coefficient (Wildman–Crippen LogP) is 13.8. The molecule has 0 unspecified atom stereocenters. The van der Waals surface area contributed by atoms with Gasteiger partial charge in [-0.05, 0) is 166 Å². The van der Waals surface area contributed by atoms with Crippen LogP contribution in [0.5, 0.6) is 11.5 Å². The molecule has 1 aromatic rings. The Hall–Kier alpha value is 0.328. The molecular weight excluding hydrogens is 774 g/mol. The third-order valence-corrected chi connectivity index (χ3v) is 22.8. The zero-order valence-corrected chi connectivity index (χ0v) is 36.6. The van der Waals surface area contributed by atoms with Crippen LogP contribution in [0.25, 0.3) is 0 Å². The van der Waals surface area contributed by atoms with Crippen LogP contribution in [0.1, 0.15) is 193 Å². The van der Waals surface area contributed by atoms with Gasteiger partial charge in [-0.2, -0.15) is 0 Å². The summed E-state index contributed by atoms with van der Waals surface area (Å²) in [4.78, 5) is 7.75. The monoisotopic (exact) mass is 847 g/mol. The number of carbonyl (C=O) groups excluding carboxylic acids is 1. The molecule has 289 valence electrons. The summed E-state index contributed by atoms with van der Waals surface area (Å²) in [6, 6.07) is 7.53. The molecule has 0 amide bonds. The maximum atomic E-state index is 7.75. The number of hydrogen-bond acceptors (Lipinski definition) is 3. The molecule has 1 aliphatic heterocycles. The van der Waals surface area contributed by atoms with Crippen molar-refractivity contribution in [3.8, 4) is 11.5 Å². The van der Waals surface area contributed by atoms with E-state index in [1.54, 1.807) is 193 Å². The first-order valence-electron chi connectivity index (χ1n) is 21.7. The van der Waals surface area contributed by atoms with Gasteiger partial charge in [-0.25, -0.2) is 0 Å². The minimum absolute atomic E-state index is 0.0465. The standard InChI is InChI=1S/2C18H33P.C6H4BO2.CHO.ClH.Ru/c2*1-4-10-16(11-5-1)19(17-12-6-2-7-13-17)18-14-8-3-9-15-18;1-2-4-6-5(3-1)8-7-9-6;1-2;;/h2*16-18H,1-15H2;1-4H;1H;1H;/q;;;-1;;+2/p+1. The second-order valence-electron chi connectivity index (χ2n) is 16.8. The van der Waals surface area contributed by atoms with Crippen molar-refractivity contribution in [3.05, 3.63) is 24.3 Å². The molecule has 6 saturated carbocycles. The molecule has 0 saturated heterocycles. The van der Waals surface area contributed by atoms with E-state index in [1.807, 2.05) is 41.6 Å². The minimum atomic E-state index is -0.0465. The Morgan fingerprint density at radius 2 is 0.627 bits per heavy atom. The SMILES string of the molecule is C1CCC([PH+](C2CCCCC2)C2CCCCC2)CC1.C1CCC([PH+](C2CCCCC2)C2CCCCC2)CC1.[B]1Oc2ccccc2O1.[CH-]=O.[Cl][Ru+]. The van der Waals surface area contributed by atoms with E-state index in [-0.39, 0.29) is 15.8 Å². The molecule has 0 spiro atoms. The Morgan fingerprint density at radius 1 is 0.431 bits per heavy atom. The van der Waals surface area contributed by atoms with Crippen LogP contribution in [-0.4, -0.2) is 48.4 Å². The van der Waals surface area contributed by atoms with Crippen LogP contribution in [0.15, 0.2) is 24.3 Å². The van der Waals surface area contributed by atoms with Gasteiger partial charge in [0.05, 0.1) is 34.0 Å². The average Bonchev–Trinajstić information content (AvgIpc) is 3.72. The molecule has 1 radical (unpaired) electrons. The Kier molecular flexibility index (Phi) is 23.3. The van der Waals surface area contributed by atoms with Gasteiger partial charge < -0.3 is 14.1 Å². The summed E-state index contributed by atoms with van der Waals surface area (Å²) in [5.74, 6) is 1.58. The fourth-order valence-corrected chi connectivity index (χ4v) is 21.8. The van der Waals surface area contributed by atoms with E-state index in [4.69, 9.17) is 14.1 Å². The summed E-state index contributed by atoms with van der Waals surface area (Å²) in [5.41, 5.74) is 7.36. The van der Waals surface area contributed by atoms with Crippen molar-refractivity contribution < 1.29 is 31.4 Å². The first kappa shape index (κ1) is 44.0. The molecule has 7 aliphatic rings. The molecular formula is C43H73BClO3P2Ru+2. The molecule has 6 fully saturated rings. The topological polar surface area (TPSA) is 35.5 Å². The second-order valence-corrected chi connectivity index (χ2v) is 23.7. The molecule has 51 heavy (non-hydrogen) atoms. The van der Waals surface area contributed by atoms with E-state index in [1.165, 1.54) is 41.6 Å². The van der Waals surface area contributed by atoms with E-state index >= 15 is 0 Å². The molecule has 8 rings (SSSR count). The maximum absolute atomic E-state index is 7.75. The van der Waals surface area contributed by atoms with Crippen molar-refractivity contribution in [2.75, 3.05) is 0 Å². The second kappa shape index (κ2) is 27.0. The third-order valence-electron chi connectivity index (χ3n) is 13.7. The fourth-order valence-electron chi connectivity index (χ4n) is 11.4. The normalized spacial score (nSPS) is 24.0. The van der Waals surface area contributed by atoms with Crippen molar-refractivity contribution in [1.82, 2.24) is 0 Å². The molecule has 0 N–H and O–H groups in total. The molecule has 1 aromatic carbocycles. The Balaban J connectivity index is 0.000000172. The van der Waals surface area contributed by atoms with Crippen molar-refractivity contribution in [2.24, 2.45) is 0 Å². The van der Waals surface area contributed by atoms with Crippen molar-refractivity contribution >= 4 is 40.0 Å². The van der Waals surface area contributed by atoms with Crippen LogP contribution in [0, 0.1) is 0 Å². The predicted molar refractivity (Wildman–Crippen MR) is 224 cm³/mol.